The highest BCUT2D eigenvalue weighted by molar-refractivity contribution is 6.10. The quantitative estimate of drug-likeness (QED) is 0.721. The van der Waals surface area contributed by atoms with Gasteiger partial charge in [-0.3, -0.25) is 4.79 Å². The zero-order valence-electron chi connectivity index (χ0n) is 11.5. The van der Waals surface area contributed by atoms with Gasteiger partial charge in [-0.25, -0.2) is 0 Å². The molecule has 1 saturated carbocycles. The molecule has 0 aromatic carbocycles. The van der Waals surface area contributed by atoms with Crippen molar-refractivity contribution < 1.29 is 9.90 Å². The van der Waals surface area contributed by atoms with Gasteiger partial charge in [-0.1, -0.05) is 25.2 Å². The number of rotatable bonds is 1. The number of aliphatic hydroxyl groups excluding tert-OH is 1. The van der Waals surface area contributed by atoms with Crippen LogP contribution in [0.1, 0.15) is 46.5 Å². The van der Waals surface area contributed by atoms with E-state index in [0.29, 0.717) is 0 Å². The van der Waals surface area contributed by atoms with Crippen molar-refractivity contribution in [1.82, 2.24) is 0 Å². The maximum absolute atomic E-state index is 12.3. The van der Waals surface area contributed by atoms with Crippen LogP contribution in [0.3, 0.4) is 0 Å². The number of carbonyl (C=O) groups excluding carboxylic acids is 1. The first-order valence-corrected chi connectivity index (χ1v) is 6.75. The van der Waals surface area contributed by atoms with Crippen LogP contribution in [-0.4, -0.2) is 17.0 Å². The first-order valence-electron chi connectivity index (χ1n) is 6.75. The first-order chi connectivity index (χ1) is 8.49. The largest absolute Gasteiger partial charge is 0.389 e. The van der Waals surface area contributed by atoms with Crippen molar-refractivity contribution in [2.75, 3.05) is 0 Å². The lowest BCUT2D eigenvalue weighted by molar-refractivity contribution is -0.113. The van der Waals surface area contributed by atoms with E-state index in [1.165, 1.54) is 0 Å². The molecule has 1 fully saturated rings. The summed E-state index contributed by atoms with van der Waals surface area (Å²) in [5.41, 5.74) is 2.62. The summed E-state index contributed by atoms with van der Waals surface area (Å²) in [4.78, 5) is 12.3. The van der Waals surface area contributed by atoms with Crippen molar-refractivity contribution in [3.63, 3.8) is 0 Å². The fraction of sp³-hybridized carbons (Fsp3) is 0.562. The normalized spacial score (nSPS) is 35.4. The van der Waals surface area contributed by atoms with Crippen LogP contribution >= 0.6 is 0 Å². The Balaban J connectivity index is 2.48. The average molecular weight is 246 g/mol. The zero-order valence-corrected chi connectivity index (χ0v) is 11.5. The Bertz CT molecular complexity index is 454. The predicted molar refractivity (Wildman–Crippen MR) is 73.2 cm³/mol. The first kappa shape index (κ1) is 13.3. The van der Waals surface area contributed by atoms with Crippen LogP contribution in [0, 0.1) is 5.41 Å². The van der Waals surface area contributed by atoms with Gasteiger partial charge in [0.05, 0.1) is 6.10 Å². The molecule has 0 aromatic heterocycles. The number of hydrogen-bond acceptors (Lipinski definition) is 2. The minimum atomic E-state index is -0.420. The van der Waals surface area contributed by atoms with E-state index in [-0.39, 0.29) is 11.2 Å². The molecule has 0 spiro atoms. The van der Waals surface area contributed by atoms with E-state index < -0.39 is 6.10 Å². The second kappa shape index (κ2) is 4.85. The minimum absolute atomic E-state index is 0.0247. The van der Waals surface area contributed by atoms with Gasteiger partial charge in [-0.05, 0) is 56.1 Å². The molecular weight excluding hydrogens is 224 g/mol. The third-order valence-corrected chi connectivity index (χ3v) is 4.30. The van der Waals surface area contributed by atoms with E-state index in [2.05, 4.69) is 6.92 Å². The summed E-state index contributed by atoms with van der Waals surface area (Å²) in [6, 6.07) is 0. The number of allylic oxidation sites excluding steroid dienone is 5. The van der Waals surface area contributed by atoms with Gasteiger partial charge in [0.1, 0.15) is 0 Å². The van der Waals surface area contributed by atoms with Crippen LogP contribution in [0.4, 0.5) is 0 Å². The van der Waals surface area contributed by atoms with Gasteiger partial charge in [0.2, 0.25) is 0 Å². The highest BCUT2D eigenvalue weighted by atomic mass is 16.3. The van der Waals surface area contributed by atoms with Gasteiger partial charge >= 0.3 is 0 Å². The predicted octanol–water partition coefficient (Wildman–Crippen LogP) is 3.33. The van der Waals surface area contributed by atoms with Crippen molar-refractivity contribution in [3.05, 3.63) is 34.9 Å². The lowest BCUT2D eigenvalue weighted by Crippen LogP contribution is -2.38. The fourth-order valence-corrected chi connectivity index (χ4v) is 3.46. The topological polar surface area (TPSA) is 37.3 Å². The van der Waals surface area contributed by atoms with Gasteiger partial charge in [0.25, 0.3) is 0 Å². The number of carbonyl (C=O) groups is 1. The Kier molecular flexibility index (Phi) is 3.58. The summed E-state index contributed by atoms with van der Waals surface area (Å²) >= 11 is 0. The number of ketones is 1. The summed E-state index contributed by atoms with van der Waals surface area (Å²) in [6.45, 7) is 6.00. The highest BCUT2D eigenvalue weighted by Crippen LogP contribution is 2.50. The van der Waals surface area contributed by atoms with E-state index in [9.17, 15) is 9.90 Å². The number of hydrogen-bond donors (Lipinski definition) is 1. The van der Waals surface area contributed by atoms with Crippen molar-refractivity contribution in [2.45, 2.75) is 52.6 Å². The zero-order chi connectivity index (χ0) is 13.3. The second-order valence-electron chi connectivity index (χ2n) is 5.73. The monoisotopic (exact) mass is 246 g/mol. The summed E-state index contributed by atoms with van der Waals surface area (Å²) in [5.74, 6) is 0.113. The van der Waals surface area contributed by atoms with E-state index in [1.54, 1.807) is 0 Å². The molecule has 18 heavy (non-hydrogen) atoms. The Morgan fingerprint density at radius 1 is 1.44 bits per heavy atom. The van der Waals surface area contributed by atoms with E-state index in [4.69, 9.17) is 0 Å². The molecule has 2 nitrogen and oxygen atoms in total. The van der Waals surface area contributed by atoms with Crippen molar-refractivity contribution in [2.24, 2.45) is 5.41 Å². The molecule has 0 radical (unpaired) electrons. The summed E-state index contributed by atoms with van der Waals surface area (Å²) < 4.78 is 0. The van der Waals surface area contributed by atoms with Crippen LogP contribution in [-0.2, 0) is 4.79 Å². The molecule has 2 heteroatoms. The van der Waals surface area contributed by atoms with E-state index >= 15 is 0 Å². The standard InChI is InChI=1S/C16H22O2/c1-4-5-7-12-10-16(3)9-6-8-13(17)14(16)11(2)15(12)18/h4-5,7,13,17H,6,8-10H2,1-3H3/t13?,16-/m0/s1. The Morgan fingerprint density at radius 3 is 2.83 bits per heavy atom. The minimum Gasteiger partial charge on any atom is -0.389 e. The molecule has 0 heterocycles. The molecule has 0 saturated heterocycles. The summed E-state index contributed by atoms with van der Waals surface area (Å²) in [6.07, 6.45) is 9.03. The fourth-order valence-electron chi connectivity index (χ4n) is 3.46. The van der Waals surface area contributed by atoms with Gasteiger partial charge in [0.15, 0.2) is 5.78 Å². The lowest BCUT2D eigenvalue weighted by Gasteiger charge is -2.43. The van der Waals surface area contributed by atoms with Crippen LogP contribution in [0.25, 0.3) is 0 Å². The smallest absolute Gasteiger partial charge is 0.184 e. The molecule has 1 N–H and O–H groups in total. The number of Topliss-reactive ketones (excluding diaryl/α,β-unsaturated/α-hetero) is 1. The second-order valence-corrected chi connectivity index (χ2v) is 5.73. The molecule has 0 aromatic rings. The number of fused-ring (bicyclic) bond motifs is 1. The van der Waals surface area contributed by atoms with Gasteiger partial charge in [-0.2, -0.15) is 0 Å². The third-order valence-electron chi connectivity index (χ3n) is 4.30. The van der Waals surface area contributed by atoms with E-state index in [1.807, 2.05) is 32.1 Å². The van der Waals surface area contributed by atoms with Crippen LogP contribution < -0.4 is 0 Å². The average Bonchev–Trinajstić information content (AvgIpc) is 2.32. The maximum atomic E-state index is 12.3. The molecule has 2 aliphatic rings. The third kappa shape index (κ3) is 2.10. The molecule has 2 atom stereocenters. The Labute approximate surface area is 109 Å². The van der Waals surface area contributed by atoms with Crippen molar-refractivity contribution in [3.8, 4) is 0 Å². The molecule has 2 rings (SSSR count). The summed E-state index contributed by atoms with van der Waals surface area (Å²) in [5, 5.41) is 10.2. The molecule has 98 valence electrons. The summed E-state index contributed by atoms with van der Waals surface area (Å²) in [7, 11) is 0. The Hall–Kier alpha value is -1.15. The molecular formula is C16H22O2. The number of aliphatic hydroxyl groups is 1. The highest BCUT2D eigenvalue weighted by Gasteiger charge is 2.43. The van der Waals surface area contributed by atoms with Gasteiger partial charge in [-0.15, -0.1) is 0 Å². The molecule has 2 aliphatic carbocycles. The van der Waals surface area contributed by atoms with Crippen molar-refractivity contribution in [1.29, 1.82) is 0 Å². The van der Waals surface area contributed by atoms with Crippen molar-refractivity contribution >= 4 is 5.78 Å². The lowest BCUT2D eigenvalue weighted by atomic mass is 9.61. The van der Waals surface area contributed by atoms with Gasteiger partial charge < -0.3 is 5.11 Å². The molecule has 1 unspecified atom stereocenters. The molecule has 0 aliphatic heterocycles. The van der Waals surface area contributed by atoms with Crippen LogP contribution in [0.5, 0.6) is 0 Å². The van der Waals surface area contributed by atoms with Gasteiger partial charge in [0, 0.05) is 5.57 Å². The molecule has 0 bridgehead atoms. The SMILES string of the molecule is CC=CC=C1C[C@]2(C)CCCC(O)C2=C(C)C1=O. The maximum Gasteiger partial charge on any atom is 0.184 e. The van der Waals surface area contributed by atoms with Crippen LogP contribution in [0.15, 0.2) is 34.9 Å². The Morgan fingerprint density at radius 2 is 2.17 bits per heavy atom. The van der Waals surface area contributed by atoms with Crippen LogP contribution in [0.2, 0.25) is 0 Å². The molecule has 0 amide bonds. The van der Waals surface area contributed by atoms with E-state index in [0.717, 1.165) is 42.4 Å².